The Labute approximate surface area is 263 Å². The van der Waals surface area contributed by atoms with E-state index in [0.717, 1.165) is 57.7 Å². The molecule has 0 spiro atoms. The zero-order valence-electron chi connectivity index (χ0n) is 26.1. The van der Waals surface area contributed by atoms with Crippen LogP contribution in [0.1, 0.15) is 65.2 Å². The molecule has 8 heteroatoms. The van der Waals surface area contributed by atoms with Crippen LogP contribution >= 0.6 is 0 Å². The molecule has 0 saturated carbocycles. The number of esters is 1. The zero-order chi connectivity index (χ0) is 31.7. The second-order valence-electron chi connectivity index (χ2n) is 11.7. The predicted molar refractivity (Wildman–Crippen MR) is 171 cm³/mol. The Morgan fingerprint density at radius 3 is 2.47 bits per heavy atom. The van der Waals surface area contributed by atoms with Crippen LogP contribution in [-0.4, -0.2) is 43.6 Å². The van der Waals surface area contributed by atoms with E-state index in [1.807, 2.05) is 37.3 Å². The van der Waals surface area contributed by atoms with Gasteiger partial charge in [-0.1, -0.05) is 49.4 Å². The summed E-state index contributed by atoms with van der Waals surface area (Å²) in [6, 6.07) is 21.5. The molecule has 1 aliphatic carbocycles. The molecule has 4 aromatic carbocycles. The first-order valence-electron chi connectivity index (χ1n) is 15.3. The van der Waals surface area contributed by atoms with Gasteiger partial charge in [-0.25, -0.2) is 0 Å². The third kappa shape index (κ3) is 5.78. The van der Waals surface area contributed by atoms with E-state index < -0.39 is 6.10 Å². The Morgan fingerprint density at radius 2 is 1.76 bits per heavy atom. The van der Waals surface area contributed by atoms with E-state index in [4.69, 9.17) is 18.9 Å². The average molecular weight is 610 g/mol. The minimum atomic E-state index is -0.505. The fraction of sp³-hybridized carbons (Fsp3) is 0.324. The maximum atomic E-state index is 12.1. The van der Waals surface area contributed by atoms with Gasteiger partial charge in [-0.15, -0.1) is 0 Å². The lowest BCUT2D eigenvalue weighted by molar-refractivity contribution is -0.141. The maximum absolute atomic E-state index is 12.1. The molecule has 45 heavy (non-hydrogen) atoms. The summed E-state index contributed by atoms with van der Waals surface area (Å²) in [6.45, 7) is 4.84. The Bertz CT molecular complexity index is 1720. The number of fused-ring (bicyclic) bond motifs is 5. The van der Waals surface area contributed by atoms with Gasteiger partial charge < -0.3 is 34.5 Å². The summed E-state index contributed by atoms with van der Waals surface area (Å²) in [5.41, 5.74) is 7.91. The number of methoxy groups -OCH3 is 2. The third-order valence-electron chi connectivity index (χ3n) is 8.87. The number of nitrogens with one attached hydrogen (secondary N) is 1. The molecule has 2 aliphatic rings. The zero-order valence-corrected chi connectivity index (χ0v) is 26.1. The smallest absolute Gasteiger partial charge is 0.302 e. The summed E-state index contributed by atoms with van der Waals surface area (Å²) in [5.74, 6) is 1.32. The quantitative estimate of drug-likeness (QED) is 0.174. The molecule has 3 N–H and O–H groups in total. The molecule has 6 rings (SSSR count). The third-order valence-corrected chi connectivity index (χ3v) is 8.87. The molecule has 0 amide bonds. The lowest BCUT2D eigenvalue weighted by Gasteiger charge is -2.31. The van der Waals surface area contributed by atoms with Gasteiger partial charge in [0.1, 0.15) is 30.0 Å². The predicted octanol–water partition coefficient (Wildman–Crippen LogP) is 6.55. The minimum Gasteiger partial charge on any atom is -0.508 e. The summed E-state index contributed by atoms with van der Waals surface area (Å²) in [7, 11) is 3.14. The highest BCUT2D eigenvalue weighted by molar-refractivity contribution is 5.83. The van der Waals surface area contributed by atoms with Crippen LogP contribution in [0.15, 0.2) is 66.7 Å². The highest BCUT2D eigenvalue weighted by Crippen LogP contribution is 2.57. The standard InChI is InChI=1S/C37H39NO7/c1-5-38-19-25-16-31(41)32(42-3)18-29(25)36-30(20-44-21(2)39)27-11-12-28-34-24(15-26(40)17-33(34)43-4)14-23(35(28)37(27)45-36)13-22-9-7-6-8-10-22/h6-12,15-18,23,30,36,38,40-41H,5,13-14,19-20H2,1-4H3/t23-,30-,36-/m0/s1. The van der Waals surface area contributed by atoms with Crippen LogP contribution in [-0.2, 0) is 28.9 Å². The SMILES string of the molecule is CCNCc1cc(O)c(OC)cc1[C@@H]1Oc2c(ccc3c2[C@@H](Cc2ccccc2)Cc2cc(O)cc(OC)c2-3)[C@@H]1COC(C)=O. The molecular weight excluding hydrogens is 570 g/mol. The monoisotopic (exact) mass is 609 g/mol. The van der Waals surface area contributed by atoms with Gasteiger partial charge in [-0.2, -0.15) is 0 Å². The minimum absolute atomic E-state index is 0.0417. The molecule has 0 radical (unpaired) electrons. The normalized spacial score (nSPS) is 17.9. The van der Waals surface area contributed by atoms with E-state index in [-0.39, 0.29) is 35.9 Å². The number of benzene rings is 4. The van der Waals surface area contributed by atoms with Gasteiger partial charge in [-0.05, 0) is 65.8 Å². The number of carbonyl (C=O) groups excluding carboxylic acids is 1. The van der Waals surface area contributed by atoms with Crippen LogP contribution in [0.5, 0.6) is 28.7 Å². The van der Waals surface area contributed by atoms with Crippen LogP contribution in [0.3, 0.4) is 0 Å². The first kappa shape index (κ1) is 30.3. The summed E-state index contributed by atoms with van der Waals surface area (Å²) in [4.78, 5) is 12.1. The number of hydrogen-bond acceptors (Lipinski definition) is 8. The summed E-state index contributed by atoms with van der Waals surface area (Å²) in [6.07, 6.45) is 0.942. The van der Waals surface area contributed by atoms with Crippen LogP contribution < -0.4 is 19.5 Å². The molecule has 8 nitrogen and oxygen atoms in total. The first-order chi connectivity index (χ1) is 21.8. The molecule has 0 fully saturated rings. The largest absolute Gasteiger partial charge is 0.508 e. The van der Waals surface area contributed by atoms with Gasteiger partial charge in [0.25, 0.3) is 0 Å². The first-order valence-corrected chi connectivity index (χ1v) is 15.3. The molecule has 0 saturated heterocycles. The molecule has 0 aromatic heterocycles. The fourth-order valence-corrected chi connectivity index (χ4v) is 6.89. The van der Waals surface area contributed by atoms with Crippen LogP contribution in [0.25, 0.3) is 11.1 Å². The van der Waals surface area contributed by atoms with Gasteiger partial charge >= 0.3 is 5.97 Å². The molecule has 3 atom stereocenters. The van der Waals surface area contributed by atoms with E-state index >= 15 is 0 Å². The number of phenolic OH excluding ortho intramolecular Hbond substituents is 2. The van der Waals surface area contributed by atoms with Crippen molar-refractivity contribution in [2.45, 2.75) is 51.2 Å². The van der Waals surface area contributed by atoms with Crippen molar-refractivity contribution in [1.82, 2.24) is 5.32 Å². The number of hydrogen-bond donors (Lipinski definition) is 3. The summed E-state index contributed by atoms with van der Waals surface area (Å²) in [5, 5.41) is 24.6. The Hall–Kier alpha value is -4.69. The number of aromatic hydroxyl groups is 2. The van der Waals surface area contributed by atoms with E-state index in [2.05, 4.69) is 29.6 Å². The Morgan fingerprint density at radius 1 is 0.978 bits per heavy atom. The molecule has 0 unspecified atom stereocenters. The van der Waals surface area contributed by atoms with Gasteiger partial charge in [0.2, 0.25) is 0 Å². The van der Waals surface area contributed by atoms with Crippen molar-refractivity contribution in [3.63, 3.8) is 0 Å². The van der Waals surface area contributed by atoms with Crippen molar-refractivity contribution < 1.29 is 34.0 Å². The van der Waals surface area contributed by atoms with E-state index in [1.165, 1.54) is 19.6 Å². The van der Waals surface area contributed by atoms with Crippen LogP contribution in [0.2, 0.25) is 0 Å². The summed E-state index contributed by atoms with van der Waals surface area (Å²) >= 11 is 0. The molecule has 4 aromatic rings. The van der Waals surface area contributed by atoms with Crippen LogP contribution in [0.4, 0.5) is 0 Å². The highest BCUT2D eigenvalue weighted by atomic mass is 16.5. The number of carbonyl (C=O) groups is 1. The lowest BCUT2D eigenvalue weighted by atomic mass is 9.74. The van der Waals surface area contributed by atoms with Gasteiger partial charge in [-0.3, -0.25) is 4.79 Å². The topological polar surface area (TPSA) is 106 Å². The highest BCUT2D eigenvalue weighted by Gasteiger charge is 2.42. The number of phenols is 2. The van der Waals surface area contributed by atoms with Crippen molar-refractivity contribution >= 4 is 5.97 Å². The van der Waals surface area contributed by atoms with Crippen molar-refractivity contribution in [2.75, 3.05) is 27.4 Å². The molecule has 1 heterocycles. The average Bonchev–Trinajstić information content (AvgIpc) is 3.40. The second kappa shape index (κ2) is 12.7. The second-order valence-corrected chi connectivity index (χ2v) is 11.7. The fourth-order valence-electron chi connectivity index (χ4n) is 6.89. The van der Waals surface area contributed by atoms with E-state index in [0.29, 0.717) is 24.5 Å². The Balaban J connectivity index is 1.55. The summed E-state index contributed by atoms with van der Waals surface area (Å²) < 4.78 is 24.0. The molecule has 234 valence electrons. The molecule has 1 aliphatic heterocycles. The molecule has 0 bridgehead atoms. The number of rotatable bonds is 10. The lowest BCUT2D eigenvalue weighted by Crippen LogP contribution is -2.20. The number of ether oxygens (including phenoxy) is 4. The van der Waals surface area contributed by atoms with Crippen LogP contribution in [0, 0.1) is 0 Å². The van der Waals surface area contributed by atoms with Crippen molar-refractivity contribution in [1.29, 1.82) is 0 Å². The van der Waals surface area contributed by atoms with Crippen molar-refractivity contribution in [3.8, 4) is 39.9 Å². The maximum Gasteiger partial charge on any atom is 0.302 e. The van der Waals surface area contributed by atoms with Crippen molar-refractivity contribution in [2.24, 2.45) is 0 Å². The van der Waals surface area contributed by atoms with Crippen molar-refractivity contribution in [3.05, 3.63) is 100 Å². The van der Waals surface area contributed by atoms with Gasteiger partial charge in [0.15, 0.2) is 11.5 Å². The van der Waals surface area contributed by atoms with E-state index in [1.54, 1.807) is 19.2 Å². The van der Waals surface area contributed by atoms with Gasteiger partial charge in [0.05, 0.1) is 20.1 Å². The molecular formula is C37H39NO7. The Kier molecular flexibility index (Phi) is 8.59. The van der Waals surface area contributed by atoms with E-state index in [9.17, 15) is 15.0 Å². The van der Waals surface area contributed by atoms with Gasteiger partial charge in [0, 0.05) is 41.8 Å².